The van der Waals surface area contributed by atoms with Crippen molar-refractivity contribution in [3.8, 4) is 0 Å². The molecule has 0 spiro atoms. The van der Waals surface area contributed by atoms with Gasteiger partial charge in [-0.25, -0.2) is 5.43 Å². The molecule has 0 radical (unpaired) electrons. The first-order valence-electron chi connectivity index (χ1n) is 6.30. The monoisotopic (exact) mass is 250 g/mol. The van der Waals surface area contributed by atoms with Crippen molar-refractivity contribution in [3.05, 3.63) is 71.8 Å². The normalized spacial score (nSPS) is 18.0. The van der Waals surface area contributed by atoms with E-state index < -0.39 is 0 Å². The van der Waals surface area contributed by atoms with E-state index in [0.29, 0.717) is 6.42 Å². The summed E-state index contributed by atoms with van der Waals surface area (Å²) in [6, 6.07) is 19.9. The number of hydrazone groups is 1. The molecular weight excluding hydrogens is 236 g/mol. The second kappa shape index (κ2) is 5.06. The maximum Gasteiger partial charge on any atom is 0.253 e. The average molecular weight is 250 g/mol. The second-order valence-electron chi connectivity index (χ2n) is 4.59. The van der Waals surface area contributed by atoms with Crippen LogP contribution in [0.3, 0.4) is 0 Å². The van der Waals surface area contributed by atoms with Gasteiger partial charge < -0.3 is 0 Å². The Labute approximate surface area is 112 Å². The minimum absolute atomic E-state index is 0.0443. The van der Waals surface area contributed by atoms with Crippen molar-refractivity contribution in [2.75, 3.05) is 0 Å². The molecule has 1 heterocycles. The van der Waals surface area contributed by atoms with Gasteiger partial charge in [-0.05, 0) is 11.1 Å². The van der Waals surface area contributed by atoms with Gasteiger partial charge in [0.15, 0.2) is 0 Å². The van der Waals surface area contributed by atoms with Crippen molar-refractivity contribution in [1.29, 1.82) is 0 Å². The fraction of sp³-hybridized carbons (Fsp3) is 0.125. The molecule has 2 aromatic carbocycles. The van der Waals surface area contributed by atoms with Crippen LogP contribution in [-0.2, 0) is 11.2 Å². The molecule has 1 amide bonds. The molecule has 3 rings (SSSR count). The van der Waals surface area contributed by atoms with E-state index in [9.17, 15) is 4.79 Å². The fourth-order valence-electron chi connectivity index (χ4n) is 2.34. The van der Waals surface area contributed by atoms with Crippen molar-refractivity contribution in [3.63, 3.8) is 0 Å². The van der Waals surface area contributed by atoms with E-state index in [1.807, 2.05) is 60.7 Å². The molecule has 0 bridgehead atoms. The van der Waals surface area contributed by atoms with E-state index in [1.54, 1.807) is 0 Å². The first kappa shape index (κ1) is 11.7. The van der Waals surface area contributed by atoms with E-state index in [-0.39, 0.29) is 11.8 Å². The smallest absolute Gasteiger partial charge is 0.253 e. The lowest BCUT2D eigenvalue weighted by atomic mass is 9.91. The number of hydrogen-bond acceptors (Lipinski definition) is 2. The van der Waals surface area contributed by atoms with Crippen LogP contribution in [0, 0.1) is 0 Å². The molecule has 19 heavy (non-hydrogen) atoms. The Bertz CT molecular complexity index is 605. The molecule has 3 heteroatoms. The predicted molar refractivity (Wildman–Crippen MR) is 74.9 cm³/mol. The lowest BCUT2D eigenvalue weighted by Gasteiger charge is -2.10. The number of carbonyl (C=O) groups excluding carboxylic acids is 1. The Morgan fingerprint density at radius 2 is 1.58 bits per heavy atom. The Kier molecular flexibility index (Phi) is 3.11. The van der Waals surface area contributed by atoms with Gasteiger partial charge in [-0.3, -0.25) is 4.79 Å². The Morgan fingerprint density at radius 1 is 0.947 bits per heavy atom. The van der Waals surface area contributed by atoms with Gasteiger partial charge in [0.05, 0.1) is 5.71 Å². The Morgan fingerprint density at radius 3 is 2.26 bits per heavy atom. The van der Waals surface area contributed by atoms with Crippen LogP contribution in [0.5, 0.6) is 0 Å². The van der Waals surface area contributed by atoms with Crippen molar-refractivity contribution in [2.45, 2.75) is 12.3 Å². The highest BCUT2D eigenvalue weighted by Crippen LogP contribution is 2.23. The van der Waals surface area contributed by atoms with Crippen LogP contribution in [-0.4, -0.2) is 11.6 Å². The number of nitrogens with one attached hydrogen (secondary N) is 1. The zero-order valence-electron chi connectivity index (χ0n) is 10.4. The molecule has 1 aliphatic heterocycles. The quantitative estimate of drug-likeness (QED) is 0.893. The van der Waals surface area contributed by atoms with Gasteiger partial charge in [-0.1, -0.05) is 60.7 Å². The molecule has 0 saturated carbocycles. The van der Waals surface area contributed by atoms with Crippen LogP contribution in [0.2, 0.25) is 0 Å². The summed E-state index contributed by atoms with van der Waals surface area (Å²) in [6.07, 6.45) is 0.694. The molecular formula is C16H14N2O. The standard InChI is InChI=1S/C16H14N2O/c19-16-15(13-9-5-2-6-10-13)14(17-18-16)11-12-7-3-1-4-8-12/h1-10,15H,11H2,(H,18,19). The minimum Gasteiger partial charge on any atom is -0.272 e. The van der Waals surface area contributed by atoms with Gasteiger partial charge >= 0.3 is 0 Å². The molecule has 0 aromatic heterocycles. The SMILES string of the molecule is O=C1NN=C(Cc2ccccc2)C1c1ccccc1. The molecule has 1 unspecified atom stereocenters. The molecule has 0 aliphatic carbocycles. The van der Waals surface area contributed by atoms with Crippen molar-refractivity contribution in [1.82, 2.24) is 5.43 Å². The van der Waals surface area contributed by atoms with Crippen LogP contribution in [0.25, 0.3) is 0 Å². The van der Waals surface area contributed by atoms with E-state index in [4.69, 9.17) is 0 Å². The van der Waals surface area contributed by atoms with Crippen molar-refractivity contribution >= 4 is 11.6 Å². The van der Waals surface area contributed by atoms with Gasteiger partial charge in [0.1, 0.15) is 5.92 Å². The maximum absolute atomic E-state index is 11.9. The third-order valence-electron chi connectivity index (χ3n) is 3.27. The van der Waals surface area contributed by atoms with Crippen LogP contribution in [0.15, 0.2) is 65.8 Å². The van der Waals surface area contributed by atoms with Crippen molar-refractivity contribution in [2.24, 2.45) is 5.10 Å². The lowest BCUT2D eigenvalue weighted by Crippen LogP contribution is -2.22. The molecule has 0 fully saturated rings. The molecule has 3 nitrogen and oxygen atoms in total. The average Bonchev–Trinajstić information content (AvgIpc) is 2.82. The highest BCUT2D eigenvalue weighted by atomic mass is 16.2. The summed E-state index contributed by atoms with van der Waals surface area (Å²) in [7, 11) is 0. The zero-order valence-corrected chi connectivity index (χ0v) is 10.4. The number of benzene rings is 2. The van der Waals surface area contributed by atoms with Crippen LogP contribution in [0.4, 0.5) is 0 Å². The minimum atomic E-state index is -0.263. The van der Waals surface area contributed by atoms with Gasteiger partial charge in [0.2, 0.25) is 0 Å². The predicted octanol–water partition coefficient (Wildman–Crippen LogP) is 2.50. The topological polar surface area (TPSA) is 41.5 Å². The summed E-state index contributed by atoms with van der Waals surface area (Å²) in [5.41, 5.74) is 5.62. The summed E-state index contributed by atoms with van der Waals surface area (Å²) >= 11 is 0. The molecule has 1 atom stereocenters. The van der Waals surface area contributed by atoms with E-state index >= 15 is 0 Å². The molecule has 1 N–H and O–H groups in total. The summed E-state index contributed by atoms with van der Waals surface area (Å²) in [5, 5.41) is 4.19. The summed E-state index contributed by atoms with van der Waals surface area (Å²) in [4.78, 5) is 11.9. The number of hydrogen-bond donors (Lipinski definition) is 1. The highest BCUT2D eigenvalue weighted by molar-refractivity contribution is 6.13. The fourth-order valence-corrected chi connectivity index (χ4v) is 2.34. The molecule has 94 valence electrons. The van der Waals surface area contributed by atoms with Crippen molar-refractivity contribution < 1.29 is 4.79 Å². The van der Waals surface area contributed by atoms with Gasteiger partial charge in [0.25, 0.3) is 5.91 Å². The Balaban J connectivity index is 1.87. The number of nitrogens with zero attached hydrogens (tertiary/aromatic N) is 1. The summed E-state index contributed by atoms with van der Waals surface area (Å²) < 4.78 is 0. The second-order valence-corrected chi connectivity index (χ2v) is 4.59. The third kappa shape index (κ3) is 2.40. The lowest BCUT2D eigenvalue weighted by molar-refractivity contribution is -0.120. The molecule has 0 saturated heterocycles. The van der Waals surface area contributed by atoms with Gasteiger partial charge in [0, 0.05) is 6.42 Å². The number of amides is 1. The summed E-state index contributed by atoms with van der Waals surface area (Å²) in [6.45, 7) is 0. The molecule has 2 aromatic rings. The van der Waals surface area contributed by atoms with Crippen LogP contribution in [0.1, 0.15) is 17.0 Å². The zero-order chi connectivity index (χ0) is 13.1. The maximum atomic E-state index is 11.9. The number of carbonyl (C=O) groups is 1. The van der Waals surface area contributed by atoms with Crippen LogP contribution < -0.4 is 5.43 Å². The van der Waals surface area contributed by atoms with E-state index in [2.05, 4.69) is 10.5 Å². The van der Waals surface area contributed by atoms with Gasteiger partial charge in [-0.2, -0.15) is 5.10 Å². The van der Waals surface area contributed by atoms with E-state index in [1.165, 1.54) is 5.56 Å². The summed E-state index contributed by atoms with van der Waals surface area (Å²) in [5.74, 6) is -0.307. The first-order valence-corrected chi connectivity index (χ1v) is 6.30. The largest absolute Gasteiger partial charge is 0.272 e. The first-order chi connectivity index (χ1) is 9.34. The number of rotatable bonds is 3. The van der Waals surface area contributed by atoms with E-state index in [0.717, 1.165) is 11.3 Å². The highest BCUT2D eigenvalue weighted by Gasteiger charge is 2.30. The third-order valence-corrected chi connectivity index (χ3v) is 3.27. The Hall–Kier alpha value is -2.42. The molecule has 1 aliphatic rings. The van der Waals surface area contributed by atoms with Gasteiger partial charge in [-0.15, -0.1) is 0 Å². The van der Waals surface area contributed by atoms with Crippen LogP contribution >= 0.6 is 0 Å².